The molecular formula is C10H23NOSi. The first-order chi connectivity index (χ1) is 5.87. The Labute approximate surface area is 82.5 Å². The SMILES string of the molecule is C[Si](C)(C)[C@@H]1CCC[C@](O)(CN)C1. The average molecular weight is 201 g/mol. The third-order valence-corrected chi connectivity index (χ3v) is 6.37. The van der Waals surface area contributed by atoms with Crippen LogP contribution in [0.3, 0.4) is 0 Å². The van der Waals surface area contributed by atoms with Gasteiger partial charge in [0.25, 0.3) is 0 Å². The van der Waals surface area contributed by atoms with E-state index in [0.717, 1.165) is 24.8 Å². The molecule has 3 N–H and O–H groups in total. The van der Waals surface area contributed by atoms with Gasteiger partial charge in [0.2, 0.25) is 0 Å². The normalized spacial score (nSPS) is 36.2. The molecule has 0 amide bonds. The summed E-state index contributed by atoms with van der Waals surface area (Å²) in [6.07, 6.45) is 4.31. The first-order valence-corrected chi connectivity index (χ1v) is 8.88. The minimum atomic E-state index is -1.08. The Bertz CT molecular complexity index is 178. The minimum Gasteiger partial charge on any atom is -0.389 e. The van der Waals surface area contributed by atoms with E-state index in [9.17, 15) is 5.11 Å². The van der Waals surface area contributed by atoms with Gasteiger partial charge >= 0.3 is 0 Å². The van der Waals surface area contributed by atoms with E-state index in [1.54, 1.807) is 0 Å². The van der Waals surface area contributed by atoms with Crippen LogP contribution >= 0.6 is 0 Å². The van der Waals surface area contributed by atoms with Crippen LogP contribution in [0, 0.1) is 0 Å². The van der Waals surface area contributed by atoms with Crippen LogP contribution in [-0.4, -0.2) is 25.3 Å². The van der Waals surface area contributed by atoms with Gasteiger partial charge in [-0.3, -0.25) is 0 Å². The van der Waals surface area contributed by atoms with E-state index in [1.807, 2.05) is 0 Å². The van der Waals surface area contributed by atoms with Gasteiger partial charge in [-0.05, 0) is 18.4 Å². The molecule has 13 heavy (non-hydrogen) atoms. The summed E-state index contributed by atoms with van der Waals surface area (Å²) in [7, 11) is -1.08. The molecule has 2 nitrogen and oxygen atoms in total. The van der Waals surface area contributed by atoms with E-state index >= 15 is 0 Å². The maximum Gasteiger partial charge on any atom is 0.0769 e. The quantitative estimate of drug-likeness (QED) is 0.671. The smallest absolute Gasteiger partial charge is 0.0769 e. The van der Waals surface area contributed by atoms with Gasteiger partial charge in [0.05, 0.1) is 5.60 Å². The number of nitrogens with two attached hydrogens (primary N) is 1. The number of hydrogen-bond acceptors (Lipinski definition) is 2. The third kappa shape index (κ3) is 2.79. The van der Waals surface area contributed by atoms with Gasteiger partial charge in [0.15, 0.2) is 0 Å². The van der Waals surface area contributed by atoms with Gasteiger partial charge in [0, 0.05) is 14.6 Å². The summed E-state index contributed by atoms with van der Waals surface area (Å²) < 4.78 is 0. The van der Waals surface area contributed by atoms with Crippen LogP contribution in [0.25, 0.3) is 0 Å². The van der Waals surface area contributed by atoms with Gasteiger partial charge in [-0.25, -0.2) is 0 Å². The van der Waals surface area contributed by atoms with Crippen LogP contribution in [0.4, 0.5) is 0 Å². The van der Waals surface area contributed by atoms with Gasteiger partial charge in [-0.15, -0.1) is 0 Å². The van der Waals surface area contributed by atoms with E-state index in [2.05, 4.69) is 19.6 Å². The maximum atomic E-state index is 10.1. The van der Waals surface area contributed by atoms with Crippen LogP contribution in [0.5, 0.6) is 0 Å². The lowest BCUT2D eigenvalue weighted by atomic mass is 9.84. The van der Waals surface area contributed by atoms with Crippen molar-refractivity contribution in [3.05, 3.63) is 0 Å². The molecule has 3 heteroatoms. The Morgan fingerprint density at radius 3 is 2.54 bits per heavy atom. The van der Waals surface area contributed by atoms with Gasteiger partial charge in [-0.2, -0.15) is 0 Å². The third-order valence-electron chi connectivity index (χ3n) is 3.43. The van der Waals surface area contributed by atoms with E-state index in [0.29, 0.717) is 6.54 Å². The number of hydrogen-bond donors (Lipinski definition) is 2. The highest BCUT2D eigenvalue weighted by molar-refractivity contribution is 6.77. The highest BCUT2D eigenvalue weighted by Gasteiger charge is 2.38. The van der Waals surface area contributed by atoms with E-state index < -0.39 is 13.7 Å². The Morgan fingerprint density at radius 1 is 1.46 bits per heavy atom. The summed E-state index contributed by atoms with van der Waals surface area (Å²) in [6.45, 7) is 7.60. The summed E-state index contributed by atoms with van der Waals surface area (Å²) in [4.78, 5) is 0. The van der Waals surface area contributed by atoms with Crippen LogP contribution in [-0.2, 0) is 0 Å². The Hall–Kier alpha value is 0.137. The monoisotopic (exact) mass is 201 g/mol. The second kappa shape index (κ2) is 3.71. The summed E-state index contributed by atoms with van der Waals surface area (Å²) in [6, 6.07) is 0. The fraction of sp³-hybridized carbons (Fsp3) is 1.00. The molecule has 0 unspecified atom stereocenters. The zero-order valence-electron chi connectivity index (χ0n) is 9.14. The van der Waals surface area contributed by atoms with Crippen molar-refractivity contribution in [3.63, 3.8) is 0 Å². The second-order valence-electron chi connectivity index (χ2n) is 5.59. The molecular weight excluding hydrogens is 178 g/mol. The second-order valence-corrected chi connectivity index (χ2v) is 11.1. The molecule has 1 aliphatic rings. The predicted octanol–water partition coefficient (Wildman–Crippen LogP) is 1.96. The molecule has 0 aliphatic heterocycles. The molecule has 0 radical (unpaired) electrons. The predicted molar refractivity (Wildman–Crippen MR) is 59.6 cm³/mol. The van der Waals surface area contributed by atoms with Crippen molar-refractivity contribution in [1.82, 2.24) is 0 Å². The Balaban J connectivity index is 2.62. The van der Waals surface area contributed by atoms with Gasteiger partial charge in [-0.1, -0.05) is 32.5 Å². The molecule has 1 aliphatic carbocycles. The Morgan fingerprint density at radius 2 is 2.08 bits per heavy atom. The lowest BCUT2D eigenvalue weighted by Gasteiger charge is -2.41. The van der Waals surface area contributed by atoms with Crippen molar-refractivity contribution in [2.45, 2.75) is 56.5 Å². The van der Waals surface area contributed by atoms with Gasteiger partial charge < -0.3 is 10.8 Å². The average Bonchev–Trinajstić information content (AvgIpc) is 2.03. The van der Waals surface area contributed by atoms with Crippen molar-refractivity contribution in [2.24, 2.45) is 5.73 Å². The lowest BCUT2D eigenvalue weighted by molar-refractivity contribution is 0.0120. The first-order valence-electron chi connectivity index (χ1n) is 5.30. The van der Waals surface area contributed by atoms with E-state index in [-0.39, 0.29) is 0 Å². The molecule has 1 saturated carbocycles. The molecule has 0 aromatic rings. The standard InChI is InChI=1S/C10H23NOSi/c1-13(2,3)9-5-4-6-10(12,7-9)8-11/h9,12H,4-8,11H2,1-3H3/t9-,10-/m1/s1. The fourth-order valence-electron chi connectivity index (χ4n) is 2.26. The van der Waals surface area contributed by atoms with E-state index in [1.165, 1.54) is 6.42 Å². The van der Waals surface area contributed by atoms with Crippen LogP contribution in [0.15, 0.2) is 0 Å². The van der Waals surface area contributed by atoms with E-state index in [4.69, 9.17) is 5.73 Å². The van der Waals surface area contributed by atoms with Crippen LogP contribution < -0.4 is 5.73 Å². The molecule has 1 rings (SSSR count). The molecule has 2 atom stereocenters. The lowest BCUT2D eigenvalue weighted by Crippen LogP contribution is -2.45. The van der Waals surface area contributed by atoms with Crippen molar-refractivity contribution in [1.29, 1.82) is 0 Å². The van der Waals surface area contributed by atoms with Crippen LogP contribution in [0.2, 0.25) is 25.2 Å². The molecule has 1 fully saturated rings. The molecule has 0 heterocycles. The first kappa shape index (κ1) is 11.2. The van der Waals surface area contributed by atoms with Crippen molar-refractivity contribution in [2.75, 3.05) is 6.54 Å². The summed E-state index contributed by atoms with van der Waals surface area (Å²) in [5.74, 6) is 0. The highest BCUT2D eigenvalue weighted by atomic mass is 28.3. The fourth-order valence-corrected chi connectivity index (χ4v) is 4.33. The topological polar surface area (TPSA) is 46.2 Å². The molecule has 0 saturated heterocycles. The minimum absolute atomic E-state index is 0.438. The zero-order chi connectivity index (χ0) is 10.1. The zero-order valence-corrected chi connectivity index (χ0v) is 10.1. The van der Waals surface area contributed by atoms with Crippen molar-refractivity contribution in [3.8, 4) is 0 Å². The number of aliphatic hydroxyl groups is 1. The molecule has 0 bridgehead atoms. The molecule has 78 valence electrons. The largest absolute Gasteiger partial charge is 0.389 e. The van der Waals surface area contributed by atoms with Crippen LogP contribution in [0.1, 0.15) is 25.7 Å². The maximum absolute atomic E-state index is 10.1. The molecule has 0 aromatic carbocycles. The highest BCUT2D eigenvalue weighted by Crippen LogP contribution is 2.41. The Kier molecular flexibility index (Phi) is 3.20. The summed E-state index contributed by atoms with van der Waals surface area (Å²) in [5, 5.41) is 10.1. The summed E-state index contributed by atoms with van der Waals surface area (Å²) in [5.41, 5.74) is 5.83. The number of rotatable bonds is 2. The van der Waals surface area contributed by atoms with Crippen molar-refractivity contribution >= 4 is 8.07 Å². The molecule has 0 aromatic heterocycles. The van der Waals surface area contributed by atoms with Gasteiger partial charge in [0.1, 0.15) is 0 Å². The van der Waals surface area contributed by atoms with Crippen molar-refractivity contribution < 1.29 is 5.11 Å². The summed E-state index contributed by atoms with van der Waals surface area (Å²) >= 11 is 0. The molecule has 0 spiro atoms.